The lowest BCUT2D eigenvalue weighted by Gasteiger charge is -2.23. The molecule has 0 spiro atoms. The predicted molar refractivity (Wildman–Crippen MR) is 109 cm³/mol. The molecule has 4 aromatic rings. The second-order valence-electron chi connectivity index (χ2n) is 6.81. The predicted octanol–water partition coefficient (Wildman–Crippen LogP) is 4.84. The Bertz CT molecular complexity index is 1240. The molecule has 0 aliphatic heterocycles. The zero-order valence-corrected chi connectivity index (χ0v) is 16.5. The molecule has 1 amide bonds. The number of carbonyl (C=O) groups excluding carboxylic acids is 1. The van der Waals surface area contributed by atoms with Gasteiger partial charge in [0.2, 0.25) is 0 Å². The van der Waals surface area contributed by atoms with Crippen LogP contribution in [-0.4, -0.2) is 20.7 Å². The van der Waals surface area contributed by atoms with E-state index in [-0.39, 0.29) is 23.5 Å². The zero-order chi connectivity index (χ0) is 22.0. The molecule has 2 heterocycles. The zero-order valence-electron chi connectivity index (χ0n) is 16.5. The molecular formula is C23H17F3N4O. The number of carbonyl (C=O) groups is 1. The van der Waals surface area contributed by atoms with Crippen molar-refractivity contribution in [2.75, 3.05) is 4.90 Å². The number of amides is 1. The van der Waals surface area contributed by atoms with Crippen LogP contribution in [0.3, 0.4) is 0 Å². The molecule has 0 N–H and O–H groups in total. The Morgan fingerprint density at radius 3 is 2.48 bits per heavy atom. The molecule has 5 nitrogen and oxygen atoms in total. The summed E-state index contributed by atoms with van der Waals surface area (Å²) in [4.78, 5) is 18.8. The number of para-hydroxylation sites is 1. The molecule has 2 aromatic carbocycles. The average Bonchev–Trinajstić information content (AvgIpc) is 3.14. The van der Waals surface area contributed by atoms with Crippen molar-refractivity contribution in [2.45, 2.75) is 13.5 Å². The first kappa shape index (κ1) is 20.3. The van der Waals surface area contributed by atoms with Crippen molar-refractivity contribution in [1.29, 1.82) is 0 Å². The number of rotatable bonds is 5. The lowest BCUT2D eigenvalue weighted by Crippen LogP contribution is -2.32. The van der Waals surface area contributed by atoms with Crippen molar-refractivity contribution in [1.82, 2.24) is 14.8 Å². The third kappa shape index (κ3) is 4.05. The Balaban J connectivity index is 1.77. The standard InChI is InChI=1S/C23H17F3N4O/c1-15-18(13-28-30(15)22-8-3-2-7-19(22)25)23(31)29(14-17-6-4-5-11-27-17)21-10-9-16(24)12-20(21)26/h2-13H,14H2,1H3. The first-order valence-corrected chi connectivity index (χ1v) is 9.42. The highest BCUT2D eigenvalue weighted by atomic mass is 19.1. The molecular weight excluding hydrogens is 405 g/mol. The van der Waals surface area contributed by atoms with Crippen LogP contribution < -0.4 is 4.90 Å². The van der Waals surface area contributed by atoms with Gasteiger partial charge in [0.1, 0.15) is 23.1 Å². The monoisotopic (exact) mass is 422 g/mol. The molecule has 0 radical (unpaired) electrons. The van der Waals surface area contributed by atoms with Crippen molar-refractivity contribution in [3.05, 3.63) is 107 Å². The lowest BCUT2D eigenvalue weighted by molar-refractivity contribution is 0.0983. The Hall–Kier alpha value is -3.94. The van der Waals surface area contributed by atoms with Crippen molar-refractivity contribution >= 4 is 11.6 Å². The van der Waals surface area contributed by atoms with Crippen LogP contribution in [-0.2, 0) is 6.54 Å². The fourth-order valence-corrected chi connectivity index (χ4v) is 3.25. The second kappa shape index (κ2) is 8.43. The molecule has 0 unspecified atom stereocenters. The van der Waals surface area contributed by atoms with Gasteiger partial charge in [-0.2, -0.15) is 5.10 Å². The van der Waals surface area contributed by atoms with Gasteiger partial charge in [0, 0.05) is 12.3 Å². The third-order valence-electron chi connectivity index (χ3n) is 4.81. The van der Waals surface area contributed by atoms with Gasteiger partial charge in [0.05, 0.1) is 35.4 Å². The third-order valence-corrected chi connectivity index (χ3v) is 4.81. The van der Waals surface area contributed by atoms with Crippen LogP contribution in [0.5, 0.6) is 0 Å². The van der Waals surface area contributed by atoms with Crippen LogP contribution >= 0.6 is 0 Å². The Morgan fingerprint density at radius 1 is 1.00 bits per heavy atom. The quantitative estimate of drug-likeness (QED) is 0.463. The van der Waals surface area contributed by atoms with E-state index in [1.54, 1.807) is 43.5 Å². The molecule has 156 valence electrons. The molecule has 0 saturated heterocycles. The molecule has 2 aromatic heterocycles. The van der Waals surface area contributed by atoms with Gasteiger partial charge >= 0.3 is 0 Å². The summed E-state index contributed by atoms with van der Waals surface area (Å²) >= 11 is 0. The SMILES string of the molecule is Cc1c(C(=O)N(Cc2ccccn2)c2ccc(F)cc2F)cnn1-c1ccccc1F. The summed E-state index contributed by atoms with van der Waals surface area (Å²) in [5.74, 6) is -2.71. The van der Waals surface area contributed by atoms with E-state index in [2.05, 4.69) is 10.1 Å². The van der Waals surface area contributed by atoms with Crippen LogP contribution in [0.2, 0.25) is 0 Å². The highest BCUT2D eigenvalue weighted by molar-refractivity contribution is 6.06. The maximum atomic E-state index is 14.6. The molecule has 0 aliphatic rings. The summed E-state index contributed by atoms with van der Waals surface area (Å²) in [6.07, 6.45) is 2.86. The molecule has 8 heteroatoms. The Kier molecular flexibility index (Phi) is 5.53. The largest absolute Gasteiger partial charge is 0.299 e. The van der Waals surface area contributed by atoms with Crippen LogP contribution in [0.4, 0.5) is 18.9 Å². The number of hydrogen-bond donors (Lipinski definition) is 0. The summed E-state index contributed by atoms with van der Waals surface area (Å²) < 4.78 is 43.6. The van der Waals surface area contributed by atoms with Crippen LogP contribution in [0.15, 0.2) is 73.1 Å². The first-order chi connectivity index (χ1) is 15.0. The maximum Gasteiger partial charge on any atom is 0.262 e. The van der Waals surface area contributed by atoms with E-state index < -0.39 is 23.4 Å². The summed E-state index contributed by atoms with van der Waals surface area (Å²) in [5, 5.41) is 4.15. The lowest BCUT2D eigenvalue weighted by atomic mass is 10.1. The topological polar surface area (TPSA) is 51.0 Å². The Labute approximate surface area is 176 Å². The van der Waals surface area contributed by atoms with E-state index in [9.17, 15) is 18.0 Å². The highest BCUT2D eigenvalue weighted by Crippen LogP contribution is 2.26. The normalized spacial score (nSPS) is 10.8. The van der Waals surface area contributed by atoms with E-state index in [1.807, 2.05) is 0 Å². The summed E-state index contributed by atoms with van der Waals surface area (Å²) in [7, 11) is 0. The fraction of sp³-hybridized carbons (Fsp3) is 0.0870. The summed E-state index contributed by atoms with van der Waals surface area (Å²) in [5.41, 5.74) is 1.13. The van der Waals surface area contributed by atoms with Crippen LogP contribution in [0.1, 0.15) is 21.7 Å². The van der Waals surface area contributed by atoms with Crippen molar-refractivity contribution < 1.29 is 18.0 Å². The van der Waals surface area contributed by atoms with Crippen LogP contribution in [0, 0.1) is 24.4 Å². The average molecular weight is 422 g/mol. The van der Waals surface area contributed by atoms with E-state index in [1.165, 1.54) is 29.1 Å². The first-order valence-electron chi connectivity index (χ1n) is 9.42. The molecule has 0 fully saturated rings. The van der Waals surface area contributed by atoms with Crippen molar-refractivity contribution in [3.63, 3.8) is 0 Å². The van der Waals surface area contributed by atoms with Gasteiger partial charge in [-0.05, 0) is 43.3 Å². The summed E-state index contributed by atoms with van der Waals surface area (Å²) in [6.45, 7) is 1.57. The minimum atomic E-state index is -0.886. The number of nitrogens with zero attached hydrogens (tertiary/aromatic N) is 4. The Morgan fingerprint density at radius 2 is 1.77 bits per heavy atom. The van der Waals surface area contributed by atoms with E-state index in [4.69, 9.17) is 0 Å². The van der Waals surface area contributed by atoms with Gasteiger partial charge in [-0.3, -0.25) is 14.7 Å². The number of aromatic nitrogens is 3. The number of benzene rings is 2. The van der Waals surface area contributed by atoms with Crippen molar-refractivity contribution in [3.8, 4) is 5.69 Å². The molecule has 31 heavy (non-hydrogen) atoms. The van der Waals surface area contributed by atoms with Gasteiger partial charge in [-0.1, -0.05) is 18.2 Å². The van der Waals surface area contributed by atoms with Gasteiger partial charge in [0.15, 0.2) is 0 Å². The number of halogens is 3. The number of hydrogen-bond acceptors (Lipinski definition) is 3. The van der Waals surface area contributed by atoms with Crippen molar-refractivity contribution in [2.24, 2.45) is 0 Å². The number of anilines is 1. The van der Waals surface area contributed by atoms with E-state index >= 15 is 0 Å². The van der Waals surface area contributed by atoms with E-state index in [0.29, 0.717) is 17.5 Å². The van der Waals surface area contributed by atoms with E-state index in [0.717, 1.165) is 11.0 Å². The molecule has 0 bridgehead atoms. The van der Waals surface area contributed by atoms with Gasteiger partial charge < -0.3 is 0 Å². The molecule has 0 aliphatic carbocycles. The van der Waals surface area contributed by atoms with Gasteiger partial charge in [-0.15, -0.1) is 0 Å². The minimum absolute atomic E-state index is 0.0491. The molecule has 0 atom stereocenters. The molecule has 4 rings (SSSR count). The summed E-state index contributed by atoms with van der Waals surface area (Å²) in [6, 6.07) is 14.2. The number of pyridine rings is 1. The van der Waals surface area contributed by atoms with Crippen LogP contribution in [0.25, 0.3) is 5.69 Å². The minimum Gasteiger partial charge on any atom is -0.299 e. The fourth-order valence-electron chi connectivity index (χ4n) is 3.25. The second-order valence-corrected chi connectivity index (χ2v) is 6.81. The maximum absolute atomic E-state index is 14.6. The molecule has 0 saturated carbocycles. The van der Waals surface area contributed by atoms with Gasteiger partial charge in [0.25, 0.3) is 5.91 Å². The smallest absolute Gasteiger partial charge is 0.262 e. The van der Waals surface area contributed by atoms with Gasteiger partial charge in [-0.25, -0.2) is 17.9 Å². The highest BCUT2D eigenvalue weighted by Gasteiger charge is 2.26.